The van der Waals surface area contributed by atoms with Crippen LogP contribution < -0.4 is 75.3 Å². The molecule has 4 aromatic rings. The van der Waals surface area contributed by atoms with E-state index in [4.69, 9.17) is 16.6 Å². The van der Waals surface area contributed by atoms with Crippen LogP contribution in [0.5, 0.6) is 5.75 Å². The molecular weight excluding hydrogens is 1570 g/mol. The number of phenolic OH excluding ortho intramolecular Hbond substituents is 1. The Bertz CT molecular complexity index is 4240. The van der Waals surface area contributed by atoms with Crippen molar-refractivity contribution in [3.63, 3.8) is 0 Å². The van der Waals surface area contributed by atoms with Crippen LogP contribution in [0.2, 0.25) is 0 Å². The minimum Gasteiger partial charge on any atom is -0.508 e. The molecule has 0 aliphatic rings. The van der Waals surface area contributed by atoms with Gasteiger partial charge in [-0.25, -0.2) is 0 Å². The van der Waals surface area contributed by atoms with Gasteiger partial charge in [0.15, 0.2) is 0 Å². The fourth-order valence-corrected chi connectivity index (χ4v) is 11.7. The number of carboxylic acids is 7. The predicted octanol–water partition coefficient (Wildman–Crippen LogP) is -4.40. The van der Waals surface area contributed by atoms with E-state index < -0.39 is 288 Å². The van der Waals surface area contributed by atoms with Gasteiger partial charge in [0, 0.05) is 74.9 Å². The molecule has 117 heavy (non-hydrogen) atoms. The Morgan fingerprint density at radius 3 is 1.18 bits per heavy atom. The van der Waals surface area contributed by atoms with Gasteiger partial charge in [-0.2, -0.15) is 11.8 Å². The second kappa shape index (κ2) is 48.7. The Hall–Kier alpha value is -13.3. The van der Waals surface area contributed by atoms with Gasteiger partial charge in [0.1, 0.15) is 72.2 Å². The van der Waals surface area contributed by atoms with Gasteiger partial charge in [-0.3, -0.25) is 95.9 Å². The third kappa shape index (κ3) is 35.3. The number of para-hydroxylation sites is 1. The third-order valence-corrected chi connectivity index (χ3v) is 18.2. The van der Waals surface area contributed by atoms with Crippen LogP contribution in [0.3, 0.4) is 0 Å². The SMILES string of the molecule is CSCC[C@H](NC(=O)[C@H](Cc1c[nH]c2ccccc12)NC(=O)CNC(=O)[C@H](Cc1ccc(O)cc1)NC(=O)[C@H](C)NC(=O)[C@H](CCC(=O)O)NC(=O)[C@H](CCC(=O)O)NC(=O)[C@H](CCC(=O)O)NC(=O)[C@H](CCC(=O)O)NC(=O)[C@H](CCC(=O)O)NC(=O)[C@H](N)CCC(=O)O)C(=O)N[C@@H](CC(=O)O)C(=O)N[C@@H](Cc1ccccc1)C(N)=O. The highest BCUT2D eigenvalue weighted by molar-refractivity contribution is 7.98. The smallest absolute Gasteiger partial charge is 0.305 e. The van der Waals surface area contributed by atoms with E-state index in [2.05, 4.69) is 68.8 Å². The Morgan fingerprint density at radius 1 is 0.376 bits per heavy atom. The molecule has 13 amide bonds. The Labute approximate surface area is 670 Å². The van der Waals surface area contributed by atoms with Crippen molar-refractivity contribution in [2.24, 2.45) is 11.5 Å². The van der Waals surface area contributed by atoms with E-state index in [0.29, 0.717) is 22.0 Å². The number of benzene rings is 3. The first-order valence-electron chi connectivity index (χ1n) is 36.3. The molecule has 0 radical (unpaired) electrons. The molecule has 4 rings (SSSR count). The molecule has 44 heteroatoms. The van der Waals surface area contributed by atoms with Crippen LogP contribution in [0, 0.1) is 0 Å². The van der Waals surface area contributed by atoms with Crippen LogP contribution >= 0.6 is 11.8 Å². The maximum absolute atomic E-state index is 14.6. The zero-order valence-corrected chi connectivity index (χ0v) is 64.1. The van der Waals surface area contributed by atoms with E-state index in [1.165, 1.54) is 36.0 Å². The lowest BCUT2D eigenvalue weighted by molar-refractivity contribution is -0.141. The fourth-order valence-electron chi connectivity index (χ4n) is 11.3. The molecule has 1 aromatic heterocycles. The molecule has 43 nitrogen and oxygen atoms in total. The third-order valence-electron chi connectivity index (χ3n) is 17.5. The lowest BCUT2D eigenvalue weighted by Gasteiger charge is -2.27. The highest BCUT2D eigenvalue weighted by Crippen LogP contribution is 2.21. The van der Waals surface area contributed by atoms with E-state index in [9.17, 15) is 132 Å². The van der Waals surface area contributed by atoms with Gasteiger partial charge in [-0.15, -0.1) is 0 Å². The fraction of sp³-hybridized carbons (Fsp3) is 0.452. The zero-order chi connectivity index (χ0) is 87.2. The maximum atomic E-state index is 14.6. The molecule has 0 spiro atoms. The lowest BCUT2D eigenvalue weighted by atomic mass is 10.0. The molecule has 1 heterocycles. The van der Waals surface area contributed by atoms with Crippen LogP contribution in [-0.4, -0.2) is 255 Å². The largest absolute Gasteiger partial charge is 0.508 e. The monoisotopic (exact) mass is 1660 g/mol. The normalized spacial score (nSPS) is 14.0. The van der Waals surface area contributed by atoms with Crippen molar-refractivity contribution in [2.45, 2.75) is 189 Å². The van der Waals surface area contributed by atoms with E-state index in [0.717, 1.165) is 6.92 Å². The summed E-state index contributed by atoms with van der Waals surface area (Å²) in [6, 6.07) is -0.845. The average Bonchev–Trinajstić information content (AvgIpc) is 1.70. The minimum atomic E-state index is -2.07. The molecule has 0 bridgehead atoms. The van der Waals surface area contributed by atoms with E-state index in [-0.39, 0.29) is 36.3 Å². The number of carbonyl (C=O) groups excluding carboxylic acids is 13. The molecule has 0 saturated carbocycles. The van der Waals surface area contributed by atoms with Gasteiger partial charge in [-0.05, 0) is 98.8 Å². The van der Waals surface area contributed by atoms with Crippen LogP contribution in [-0.2, 0) is 115 Å². The Kier molecular flexibility index (Phi) is 40.0. The van der Waals surface area contributed by atoms with E-state index in [1.807, 2.05) is 0 Å². The number of primary amides is 1. The molecule has 0 saturated heterocycles. The van der Waals surface area contributed by atoms with Crippen LogP contribution in [0.4, 0.5) is 0 Å². The first-order chi connectivity index (χ1) is 55.2. The number of aromatic nitrogens is 1. The number of rotatable bonds is 54. The van der Waals surface area contributed by atoms with Crippen molar-refractivity contribution in [3.8, 4) is 5.75 Å². The number of nitrogens with two attached hydrogens (primary N) is 2. The van der Waals surface area contributed by atoms with Crippen molar-refractivity contribution in [1.82, 2.24) is 68.8 Å². The van der Waals surface area contributed by atoms with Crippen molar-refractivity contribution < 1.29 is 137 Å². The number of aliphatic carboxylic acids is 7. The molecule has 636 valence electrons. The summed E-state index contributed by atoms with van der Waals surface area (Å²) in [5.41, 5.74) is 13.3. The van der Waals surface area contributed by atoms with Crippen molar-refractivity contribution in [3.05, 3.63) is 102 Å². The number of amides is 13. The maximum Gasteiger partial charge on any atom is 0.305 e. The van der Waals surface area contributed by atoms with Crippen molar-refractivity contribution in [2.75, 3.05) is 18.6 Å². The van der Waals surface area contributed by atoms with E-state index >= 15 is 0 Å². The van der Waals surface area contributed by atoms with Gasteiger partial charge < -0.3 is 121 Å². The number of hydrogen-bond donors (Lipinski definition) is 23. The topological polar surface area (TPSA) is 715 Å². The number of aromatic amines is 1. The number of H-pyrrole nitrogens is 1. The number of hydrogen-bond acceptors (Lipinski definition) is 23. The average molecular weight is 1660 g/mol. The molecule has 0 unspecified atom stereocenters. The van der Waals surface area contributed by atoms with Gasteiger partial charge in [0.25, 0.3) is 0 Å². The summed E-state index contributed by atoms with van der Waals surface area (Å²) >= 11 is 1.25. The highest BCUT2D eigenvalue weighted by Gasteiger charge is 2.38. The highest BCUT2D eigenvalue weighted by atomic mass is 32.2. The Balaban J connectivity index is 1.59. The second-order valence-electron chi connectivity index (χ2n) is 26.7. The number of nitrogens with one attached hydrogen (secondary N) is 13. The number of phenols is 1. The first kappa shape index (κ1) is 96.1. The predicted molar refractivity (Wildman–Crippen MR) is 408 cm³/mol. The number of aromatic hydroxyl groups is 1. The summed E-state index contributed by atoms with van der Waals surface area (Å²) < 4.78 is 0. The quantitative estimate of drug-likeness (QED) is 0.0198. The summed E-state index contributed by atoms with van der Waals surface area (Å²) in [5, 5.41) is 105. The van der Waals surface area contributed by atoms with Crippen molar-refractivity contribution >= 4 is 141 Å². The van der Waals surface area contributed by atoms with Crippen molar-refractivity contribution in [1.29, 1.82) is 0 Å². The minimum absolute atomic E-state index is 0.0981. The summed E-state index contributed by atoms with van der Waals surface area (Å²) in [4.78, 5) is 266. The van der Waals surface area contributed by atoms with Crippen LogP contribution in [0.25, 0.3) is 10.9 Å². The van der Waals surface area contributed by atoms with E-state index in [1.54, 1.807) is 67.0 Å². The summed E-state index contributed by atoms with van der Waals surface area (Å²) in [5.74, 6) is -26.2. The standard InChI is InChI=1S/C73H95N15O28S/c1-36(78-66(109)44(17-23-56(93)94)81-68(111)46(19-25-58(97)98)83-70(113)48(21-27-60(101)102)84-69(112)47(20-26-59(99)100)82-67(110)45(18-24-57(95)96)80-64(107)42(74)16-22-55(91)92)63(106)87-51(31-38-12-14-40(89)15-13-38)65(108)77-35-54(90)79-52(32-39-34-76-43-11-7-6-10-41(39)43)72(115)85-49(28-29-117-2)71(114)88-53(33-61(103)104)73(116)86-50(62(75)105)30-37-8-4-3-5-9-37/h3-15,34,36,42,44-53,76,89H,16-33,35,74H2,1-2H3,(H2,75,105)(H,77,108)(H,78,109)(H,79,90)(H,80,107)(H,81,111)(H,82,110)(H,83,113)(H,84,112)(H,85,115)(H,86,116)(H,87,106)(H,88,114)(H,91,92)(H,93,94)(H,95,96)(H,97,98)(H,99,100)(H,101,102)(H,103,104)/t36-,42+,44-,45-,46-,47-,48-,49-,50-,51-,52-,53-/m0/s1. The molecule has 0 fully saturated rings. The number of carbonyl (C=O) groups is 20. The van der Waals surface area contributed by atoms with Gasteiger partial charge in [0.05, 0.1) is 19.0 Å². The molecule has 0 aliphatic carbocycles. The van der Waals surface area contributed by atoms with Crippen LogP contribution in [0.1, 0.15) is 114 Å². The van der Waals surface area contributed by atoms with Gasteiger partial charge >= 0.3 is 41.8 Å². The molecule has 0 aliphatic heterocycles. The molecule has 3 aromatic carbocycles. The number of carboxylic acid groups (broad SMARTS) is 7. The molecule has 12 atom stereocenters. The summed E-state index contributed by atoms with van der Waals surface area (Å²) in [6.45, 7) is 0.133. The number of thioether (sulfide) groups is 1. The van der Waals surface area contributed by atoms with Crippen LogP contribution in [0.15, 0.2) is 85.1 Å². The lowest BCUT2D eigenvalue weighted by Crippen LogP contribution is -2.60. The summed E-state index contributed by atoms with van der Waals surface area (Å²) in [6.07, 6.45) is -8.21. The molecule has 25 N–H and O–H groups in total. The first-order valence-corrected chi connectivity index (χ1v) is 37.7. The number of fused-ring (bicyclic) bond motifs is 1. The second-order valence-corrected chi connectivity index (χ2v) is 27.7. The summed E-state index contributed by atoms with van der Waals surface area (Å²) in [7, 11) is 0. The zero-order valence-electron chi connectivity index (χ0n) is 63.3. The molecular formula is C73H95N15O28S. The van der Waals surface area contributed by atoms with Gasteiger partial charge in [-0.1, -0.05) is 60.7 Å². The Morgan fingerprint density at radius 2 is 0.735 bits per heavy atom. The van der Waals surface area contributed by atoms with Gasteiger partial charge in [0.2, 0.25) is 76.8 Å².